The summed E-state index contributed by atoms with van der Waals surface area (Å²) in [5.74, 6) is -2.70. The van der Waals surface area contributed by atoms with Gasteiger partial charge in [-0.25, -0.2) is 4.79 Å². The Kier molecular flexibility index (Phi) is 11.7. The molecule has 0 aromatic rings. The van der Waals surface area contributed by atoms with Gasteiger partial charge in [0, 0.05) is 6.92 Å². The Hall–Kier alpha value is -2.65. The van der Waals surface area contributed by atoms with Crippen LogP contribution in [0.2, 0.25) is 0 Å². The number of hydrogen-bond donors (Lipinski definition) is 4. The second-order valence-corrected chi connectivity index (χ2v) is 8.10. The van der Waals surface area contributed by atoms with Crippen LogP contribution in [0.25, 0.3) is 0 Å². The molecular formula is C20H36N4O6. The molecule has 10 heteroatoms. The van der Waals surface area contributed by atoms with E-state index >= 15 is 0 Å². The van der Waals surface area contributed by atoms with E-state index in [1.165, 1.54) is 27.9 Å². The van der Waals surface area contributed by atoms with Gasteiger partial charge in [-0.2, -0.15) is 0 Å². The van der Waals surface area contributed by atoms with Crippen LogP contribution in [0.1, 0.15) is 54.9 Å². The van der Waals surface area contributed by atoms with Crippen molar-refractivity contribution in [3.8, 4) is 0 Å². The van der Waals surface area contributed by atoms with Crippen molar-refractivity contribution in [2.75, 3.05) is 7.11 Å². The molecule has 0 radical (unpaired) electrons. The number of hydrogen-bond acceptors (Lipinski definition) is 6. The summed E-state index contributed by atoms with van der Waals surface area (Å²) in [4.78, 5) is 60.5. The zero-order valence-corrected chi connectivity index (χ0v) is 19.1. The summed E-state index contributed by atoms with van der Waals surface area (Å²) in [6.45, 7) is 11.6. The maximum atomic E-state index is 12.9. The van der Waals surface area contributed by atoms with Gasteiger partial charge in [0.1, 0.15) is 24.2 Å². The quantitative estimate of drug-likeness (QED) is 0.337. The minimum atomic E-state index is -0.908. The number of carbonyl (C=O) groups is 5. The lowest BCUT2D eigenvalue weighted by molar-refractivity contribution is -0.145. The van der Waals surface area contributed by atoms with Crippen LogP contribution in [0.15, 0.2) is 0 Å². The summed E-state index contributed by atoms with van der Waals surface area (Å²) in [5.41, 5.74) is 0. The SMILES string of the molecule is COC(=O)[C@H](C)NC(=O)[C@H](CC(C)C)NC(=O)[C@H](NC(=O)[C@H](C)NC(C)=O)C(C)C. The van der Waals surface area contributed by atoms with Crippen LogP contribution in [0, 0.1) is 11.8 Å². The second-order valence-electron chi connectivity index (χ2n) is 8.10. The van der Waals surface area contributed by atoms with Crippen molar-refractivity contribution in [3.05, 3.63) is 0 Å². The molecule has 0 aromatic carbocycles. The van der Waals surface area contributed by atoms with E-state index in [2.05, 4.69) is 26.0 Å². The minimum absolute atomic E-state index is 0.0846. The Morgan fingerprint density at radius 2 is 1.30 bits per heavy atom. The van der Waals surface area contributed by atoms with E-state index in [4.69, 9.17) is 0 Å². The molecule has 0 saturated carbocycles. The average molecular weight is 429 g/mol. The van der Waals surface area contributed by atoms with E-state index in [0.717, 1.165) is 0 Å². The molecule has 0 unspecified atom stereocenters. The predicted molar refractivity (Wildman–Crippen MR) is 111 cm³/mol. The molecule has 0 spiro atoms. The van der Waals surface area contributed by atoms with Crippen LogP contribution in [0.3, 0.4) is 0 Å². The van der Waals surface area contributed by atoms with Gasteiger partial charge in [-0.1, -0.05) is 27.7 Å². The molecule has 0 aliphatic rings. The van der Waals surface area contributed by atoms with Crippen LogP contribution in [-0.2, 0) is 28.7 Å². The third-order valence-electron chi connectivity index (χ3n) is 4.31. The standard InChI is InChI=1S/C20H36N4O6/c1-10(2)9-15(18(27)22-13(6)20(29)30-8)23-19(28)16(11(3)4)24-17(26)12(5)21-14(7)25/h10-13,15-16H,9H2,1-8H3,(H,21,25)(H,22,27)(H,23,28)(H,24,26)/t12-,13-,15-,16+/m0/s1. The number of methoxy groups -OCH3 is 1. The van der Waals surface area contributed by atoms with E-state index in [1.807, 2.05) is 13.8 Å². The highest BCUT2D eigenvalue weighted by Crippen LogP contribution is 2.09. The Morgan fingerprint density at radius 3 is 1.73 bits per heavy atom. The number of esters is 1. The zero-order chi connectivity index (χ0) is 23.6. The van der Waals surface area contributed by atoms with Gasteiger partial charge in [0.05, 0.1) is 7.11 Å². The number of carbonyl (C=O) groups excluding carboxylic acids is 5. The largest absolute Gasteiger partial charge is 0.467 e. The normalized spacial score (nSPS) is 14.9. The first-order chi connectivity index (χ1) is 13.8. The van der Waals surface area contributed by atoms with Gasteiger partial charge in [-0.05, 0) is 32.1 Å². The van der Waals surface area contributed by atoms with E-state index in [0.29, 0.717) is 6.42 Å². The summed E-state index contributed by atoms with van der Waals surface area (Å²) >= 11 is 0. The molecule has 0 aromatic heterocycles. The second kappa shape index (κ2) is 12.8. The Balaban J connectivity index is 5.31. The number of ether oxygens (including phenoxy) is 1. The first kappa shape index (κ1) is 27.4. The zero-order valence-electron chi connectivity index (χ0n) is 19.1. The fourth-order valence-electron chi connectivity index (χ4n) is 2.70. The fraction of sp³-hybridized carbons (Fsp3) is 0.750. The van der Waals surface area contributed by atoms with E-state index in [-0.39, 0.29) is 17.7 Å². The van der Waals surface area contributed by atoms with Gasteiger partial charge in [0.15, 0.2) is 0 Å². The van der Waals surface area contributed by atoms with E-state index < -0.39 is 47.9 Å². The summed E-state index contributed by atoms with van der Waals surface area (Å²) < 4.78 is 4.60. The van der Waals surface area contributed by atoms with Gasteiger partial charge in [-0.15, -0.1) is 0 Å². The third-order valence-corrected chi connectivity index (χ3v) is 4.31. The summed E-state index contributed by atoms with van der Waals surface area (Å²) in [7, 11) is 1.22. The molecule has 4 amide bonds. The number of nitrogens with one attached hydrogen (secondary N) is 4. The number of rotatable bonds is 11. The lowest BCUT2D eigenvalue weighted by Crippen LogP contribution is -2.58. The van der Waals surface area contributed by atoms with E-state index in [1.54, 1.807) is 13.8 Å². The third kappa shape index (κ3) is 9.71. The molecule has 30 heavy (non-hydrogen) atoms. The van der Waals surface area contributed by atoms with Gasteiger partial charge in [0.2, 0.25) is 23.6 Å². The Morgan fingerprint density at radius 1 is 0.733 bits per heavy atom. The van der Waals surface area contributed by atoms with Crippen LogP contribution < -0.4 is 21.3 Å². The van der Waals surface area contributed by atoms with Gasteiger partial charge in [-0.3, -0.25) is 19.2 Å². The molecule has 0 aliphatic heterocycles. The molecule has 0 saturated heterocycles. The molecule has 4 N–H and O–H groups in total. The topological polar surface area (TPSA) is 143 Å². The maximum Gasteiger partial charge on any atom is 0.328 e. The smallest absolute Gasteiger partial charge is 0.328 e. The average Bonchev–Trinajstić information content (AvgIpc) is 2.62. The van der Waals surface area contributed by atoms with E-state index in [9.17, 15) is 24.0 Å². The van der Waals surface area contributed by atoms with Crippen molar-refractivity contribution in [2.24, 2.45) is 11.8 Å². The maximum absolute atomic E-state index is 12.9. The first-order valence-electron chi connectivity index (χ1n) is 10.1. The number of amides is 4. The fourth-order valence-corrected chi connectivity index (χ4v) is 2.70. The van der Waals surface area contributed by atoms with Crippen LogP contribution in [0.5, 0.6) is 0 Å². The predicted octanol–water partition coefficient (Wildman–Crippen LogP) is -0.140. The molecule has 4 atom stereocenters. The van der Waals surface area contributed by atoms with Gasteiger partial charge < -0.3 is 26.0 Å². The highest BCUT2D eigenvalue weighted by Gasteiger charge is 2.31. The van der Waals surface area contributed by atoms with Crippen LogP contribution >= 0.6 is 0 Å². The molecule has 172 valence electrons. The minimum Gasteiger partial charge on any atom is -0.467 e. The van der Waals surface area contributed by atoms with Crippen molar-refractivity contribution < 1.29 is 28.7 Å². The van der Waals surface area contributed by atoms with Gasteiger partial charge in [0.25, 0.3) is 0 Å². The Labute approximate surface area is 178 Å². The monoisotopic (exact) mass is 428 g/mol. The first-order valence-corrected chi connectivity index (χ1v) is 10.1. The molecular weight excluding hydrogens is 392 g/mol. The van der Waals surface area contributed by atoms with Crippen molar-refractivity contribution in [2.45, 2.75) is 79.1 Å². The molecule has 0 aliphatic carbocycles. The van der Waals surface area contributed by atoms with Crippen LogP contribution in [0.4, 0.5) is 0 Å². The summed E-state index contributed by atoms with van der Waals surface area (Å²) in [6.07, 6.45) is 0.340. The Bertz CT molecular complexity index is 635. The highest BCUT2D eigenvalue weighted by molar-refractivity contribution is 5.94. The summed E-state index contributed by atoms with van der Waals surface area (Å²) in [6, 6.07) is -3.48. The van der Waals surface area contributed by atoms with Crippen molar-refractivity contribution in [1.29, 1.82) is 0 Å². The van der Waals surface area contributed by atoms with Crippen molar-refractivity contribution >= 4 is 29.6 Å². The molecule has 0 heterocycles. The lowest BCUT2D eigenvalue weighted by atomic mass is 9.99. The van der Waals surface area contributed by atoms with Crippen LogP contribution in [-0.4, -0.2) is 60.9 Å². The van der Waals surface area contributed by atoms with Crippen molar-refractivity contribution in [3.63, 3.8) is 0 Å². The molecule has 0 bridgehead atoms. The lowest BCUT2D eigenvalue weighted by Gasteiger charge is -2.27. The highest BCUT2D eigenvalue weighted by atomic mass is 16.5. The molecule has 0 fully saturated rings. The van der Waals surface area contributed by atoms with Gasteiger partial charge >= 0.3 is 5.97 Å². The molecule has 0 rings (SSSR count). The van der Waals surface area contributed by atoms with Crippen molar-refractivity contribution in [1.82, 2.24) is 21.3 Å². The summed E-state index contributed by atoms with van der Waals surface area (Å²) in [5, 5.41) is 10.3. The molecule has 10 nitrogen and oxygen atoms in total.